The summed E-state index contributed by atoms with van der Waals surface area (Å²) >= 11 is 0. The Morgan fingerprint density at radius 2 is 2.03 bits per heavy atom. The molecule has 0 saturated heterocycles. The first-order valence-corrected chi connectivity index (χ1v) is 13.3. The van der Waals surface area contributed by atoms with Crippen LogP contribution < -0.4 is 10.4 Å². The summed E-state index contributed by atoms with van der Waals surface area (Å²) in [6.45, 7) is 13.6. The summed E-state index contributed by atoms with van der Waals surface area (Å²) in [6, 6.07) is 0. The van der Waals surface area contributed by atoms with E-state index in [9.17, 15) is 24.9 Å². The van der Waals surface area contributed by atoms with Gasteiger partial charge in [0.15, 0.2) is 5.78 Å². The summed E-state index contributed by atoms with van der Waals surface area (Å²) in [6.07, 6.45) is 10.9. The van der Waals surface area contributed by atoms with Crippen molar-refractivity contribution in [2.45, 2.75) is 85.4 Å². The van der Waals surface area contributed by atoms with Crippen LogP contribution in [0.1, 0.15) is 73.1 Å². The van der Waals surface area contributed by atoms with Gasteiger partial charge < -0.3 is 20.6 Å². The minimum Gasteiger partial charge on any atom is -0.870 e. The number of aliphatic hydroxyl groups excluding tert-OH is 2. The summed E-state index contributed by atoms with van der Waals surface area (Å²) in [5.41, 5.74) is 0.806. The van der Waals surface area contributed by atoms with E-state index in [4.69, 9.17) is 0 Å². The number of Topliss-reactive ketones (excluding diaryl/α,β-unsaturated/α-hetero) is 1. The fourth-order valence-corrected chi connectivity index (χ4v) is 6.49. The molecular weight excluding hydrogens is 454 g/mol. The molecule has 3 rings (SSSR count). The van der Waals surface area contributed by atoms with Crippen LogP contribution in [0.4, 0.5) is 0 Å². The highest BCUT2D eigenvalue weighted by Gasteiger charge is 2.55. The lowest BCUT2D eigenvalue weighted by atomic mass is 9.52. The van der Waals surface area contributed by atoms with Gasteiger partial charge in [0.25, 0.3) is 5.91 Å². The first-order chi connectivity index (χ1) is 16.9. The molecule has 36 heavy (non-hydrogen) atoms. The highest BCUT2D eigenvalue weighted by molar-refractivity contribution is 6.24. The monoisotopic (exact) mass is 496 g/mol. The zero-order valence-electron chi connectivity index (χ0n) is 22.3. The third-order valence-electron chi connectivity index (χ3n) is 8.82. The summed E-state index contributed by atoms with van der Waals surface area (Å²) in [5.74, 6) is -2.66. The molecule has 0 aromatic rings. The van der Waals surface area contributed by atoms with Crippen LogP contribution in [0.2, 0.25) is 0 Å². The molecule has 6 nitrogen and oxygen atoms in total. The van der Waals surface area contributed by atoms with E-state index < -0.39 is 35.1 Å². The van der Waals surface area contributed by atoms with E-state index in [1.165, 1.54) is 11.1 Å². The molecule has 1 saturated carbocycles. The molecule has 1 aliphatic heterocycles. The van der Waals surface area contributed by atoms with Crippen LogP contribution in [0.3, 0.4) is 0 Å². The number of aliphatic hydroxyl groups is 2. The molecule has 1 heterocycles. The Hall–Kier alpha value is -2.44. The Bertz CT molecular complexity index is 1020. The van der Waals surface area contributed by atoms with Crippen molar-refractivity contribution in [3.63, 3.8) is 0 Å². The zero-order valence-corrected chi connectivity index (χ0v) is 22.3. The Kier molecular flexibility index (Phi) is 8.84. The maximum atomic E-state index is 14.0. The molecule has 0 unspecified atom stereocenters. The van der Waals surface area contributed by atoms with Crippen molar-refractivity contribution < 1.29 is 24.9 Å². The van der Waals surface area contributed by atoms with Gasteiger partial charge in [-0.25, -0.2) is 0 Å². The van der Waals surface area contributed by atoms with E-state index in [1.807, 2.05) is 39.0 Å². The number of carbonyl (C=O) groups is 2. The maximum Gasteiger partial charge on any atom is 0.258 e. The topological polar surface area (TPSA) is 110 Å². The normalized spacial score (nSPS) is 32.9. The zero-order chi connectivity index (χ0) is 26.8. The average Bonchev–Trinajstić information content (AvgIpc) is 3.09. The number of hydrogen-bond donors (Lipinski definition) is 3. The fraction of sp³-hybridized carbons (Fsp3) is 0.600. The van der Waals surface area contributed by atoms with Gasteiger partial charge in [-0.15, -0.1) is 0 Å². The van der Waals surface area contributed by atoms with Gasteiger partial charge in [-0.3, -0.25) is 9.59 Å². The number of fused-ring (bicyclic) bond motifs is 1. The van der Waals surface area contributed by atoms with Crippen molar-refractivity contribution in [3.05, 3.63) is 59.1 Å². The third-order valence-corrected chi connectivity index (χ3v) is 8.82. The molecule has 0 radical (unpaired) electrons. The number of carbonyl (C=O) groups excluding carboxylic acids is 2. The van der Waals surface area contributed by atoms with Crippen molar-refractivity contribution in [2.75, 3.05) is 0 Å². The molecule has 6 heteroatoms. The van der Waals surface area contributed by atoms with Gasteiger partial charge in [0.2, 0.25) is 0 Å². The maximum absolute atomic E-state index is 14.0. The van der Waals surface area contributed by atoms with Gasteiger partial charge in [0.1, 0.15) is 0 Å². The highest BCUT2D eigenvalue weighted by atomic mass is 16.3. The first kappa shape index (κ1) is 28.1. The second-order valence-corrected chi connectivity index (χ2v) is 11.1. The van der Waals surface area contributed by atoms with Crippen molar-refractivity contribution in [3.8, 4) is 0 Å². The number of amides is 1. The predicted molar refractivity (Wildman–Crippen MR) is 139 cm³/mol. The summed E-state index contributed by atoms with van der Waals surface area (Å²) in [5, 5.41) is 37.2. The summed E-state index contributed by atoms with van der Waals surface area (Å²) < 4.78 is 0. The van der Waals surface area contributed by atoms with Gasteiger partial charge in [-0.1, -0.05) is 74.5 Å². The molecule has 0 spiro atoms. The van der Waals surface area contributed by atoms with Crippen LogP contribution >= 0.6 is 0 Å². The van der Waals surface area contributed by atoms with E-state index in [2.05, 4.69) is 31.8 Å². The van der Waals surface area contributed by atoms with Gasteiger partial charge in [0.05, 0.1) is 17.8 Å². The van der Waals surface area contributed by atoms with Gasteiger partial charge in [-0.05, 0) is 64.2 Å². The quantitative estimate of drug-likeness (QED) is 0.255. The molecule has 0 bridgehead atoms. The van der Waals surface area contributed by atoms with Crippen molar-refractivity contribution in [2.24, 2.45) is 29.1 Å². The van der Waals surface area contributed by atoms with E-state index in [1.54, 1.807) is 0 Å². The molecule has 1 amide bonds. The van der Waals surface area contributed by atoms with Crippen molar-refractivity contribution >= 4 is 11.7 Å². The second-order valence-electron chi connectivity index (χ2n) is 11.1. The Labute approximate surface area is 215 Å². The molecule has 0 aromatic carbocycles. The Morgan fingerprint density at radius 1 is 1.33 bits per heavy atom. The molecule has 0 aromatic heterocycles. The predicted octanol–water partition coefficient (Wildman–Crippen LogP) is 3.86. The molecule has 1 fully saturated rings. The minimum atomic E-state index is -1.10. The van der Waals surface area contributed by atoms with E-state index in [0.717, 1.165) is 19.3 Å². The summed E-state index contributed by atoms with van der Waals surface area (Å²) in [4.78, 5) is 26.6. The lowest BCUT2D eigenvalue weighted by Crippen LogP contribution is -2.53. The van der Waals surface area contributed by atoms with Crippen LogP contribution in [-0.4, -0.2) is 34.1 Å². The minimum absolute atomic E-state index is 0.0113. The number of allylic oxidation sites excluding steroid dienone is 5. The van der Waals surface area contributed by atoms with E-state index in [-0.39, 0.29) is 34.9 Å². The Morgan fingerprint density at radius 3 is 2.61 bits per heavy atom. The van der Waals surface area contributed by atoms with E-state index >= 15 is 0 Å². The van der Waals surface area contributed by atoms with Crippen molar-refractivity contribution in [1.29, 1.82) is 0 Å². The largest absolute Gasteiger partial charge is 0.870 e. The third kappa shape index (κ3) is 5.30. The fourth-order valence-electron chi connectivity index (χ4n) is 6.49. The van der Waals surface area contributed by atoms with Gasteiger partial charge in [0, 0.05) is 17.0 Å². The number of rotatable bonds is 9. The van der Waals surface area contributed by atoms with Crippen LogP contribution in [-0.2, 0) is 9.59 Å². The molecule has 3 N–H and O–H groups in total. The van der Waals surface area contributed by atoms with Gasteiger partial charge >= 0.3 is 0 Å². The lowest BCUT2D eigenvalue weighted by molar-refractivity contribution is -0.297. The highest BCUT2D eigenvalue weighted by Crippen LogP contribution is 2.54. The van der Waals surface area contributed by atoms with Crippen LogP contribution in [0, 0.1) is 29.1 Å². The van der Waals surface area contributed by atoms with Crippen LogP contribution in [0.15, 0.2) is 59.1 Å². The SMILES string of the molecule is C=C1NC(=O)C(C(=O)[C@@]2(C)[C@@H]3CCC[C@H](O)[C@H]3C=C[C@H]2C[C@@H](O)[C@H](CC)C/C(C)=C/C(C)=C/C)=C1[O-]. The number of hydrogen-bond acceptors (Lipinski definition) is 5. The number of nitrogens with one attached hydrogen (secondary N) is 1. The molecule has 7 atom stereocenters. The first-order valence-electron chi connectivity index (χ1n) is 13.3. The smallest absolute Gasteiger partial charge is 0.258 e. The van der Waals surface area contributed by atoms with Crippen LogP contribution in [0.25, 0.3) is 0 Å². The molecule has 198 valence electrons. The van der Waals surface area contributed by atoms with E-state index in [0.29, 0.717) is 19.3 Å². The standard InChI is InChI=1S/C30H43NO5/c1-7-17(3)14-18(4)15-20(8-2)25(33)16-21-12-13-22-23(10-9-11-24(22)32)30(21,6)28(35)26-27(34)19(5)31-29(26)36/h7,12-14,20-25,32-34H,5,8-11,15-16H2,1-4,6H3,(H,31,36)/p-1/b17-7+,18-14+/t20-,21+,22+,23-,24+,25-,30-/m1/s1. The van der Waals surface area contributed by atoms with Crippen LogP contribution in [0.5, 0.6) is 0 Å². The summed E-state index contributed by atoms with van der Waals surface area (Å²) in [7, 11) is 0. The molecule has 2 aliphatic carbocycles. The average molecular weight is 497 g/mol. The van der Waals surface area contributed by atoms with Crippen molar-refractivity contribution in [1.82, 2.24) is 5.32 Å². The Balaban J connectivity index is 1.96. The molecular formula is C30H42NO5-. The second kappa shape index (κ2) is 11.3. The molecule has 3 aliphatic rings. The lowest BCUT2D eigenvalue weighted by Gasteiger charge is -2.51. The van der Waals surface area contributed by atoms with Gasteiger partial charge in [-0.2, -0.15) is 0 Å². The number of ketones is 1.